The van der Waals surface area contributed by atoms with E-state index in [4.69, 9.17) is 9.72 Å². The van der Waals surface area contributed by atoms with Gasteiger partial charge in [-0.2, -0.15) is 0 Å². The van der Waals surface area contributed by atoms with Crippen molar-refractivity contribution in [2.24, 2.45) is 7.05 Å². The van der Waals surface area contributed by atoms with Crippen LogP contribution in [0, 0.1) is 0 Å². The number of hydrogen-bond acceptors (Lipinski definition) is 6. The maximum absolute atomic E-state index is 12.8. The number of benzene rings is 2. The molecule has 0 spiro atoms. The van der Waals surface area contributed by atoms with Crippen LogP contribution in [0.4, 0.5) is 0 Å². The maximum atomic E-state index is 12.8. The van der Waals surface area contributed by atoms with Crippen molar-refractivity contribution in [2.45, 2.75) is 18.0 Å². The van der Waals surface area contributed by atoms with Crippen molar-refractivity contribution < 1.29 is 17.9 Å². The molecule has 0 atom stereocenters. The summed E-state index contributed by atoms with van der Waals surface area (Å²) in [5.74, 6) is -0.470. The van der Waals surface area contributed by atoms with Crippen LogP contribution >= 0.6 is 0 Å². The summed E-state index contributed by atoms with van der Waals surface area (Å²) in [6, 6.07) is 18.8. The lowest BCUT2D eigenvalue weighted by Crippen LogP contribution is -2.23. The van der Waals surface area contributed by atoms with Gasteiger partial charge in [-0.3, -0.25) is 9.78 Å². The van der Waals surface area contributed by atoms with Crippen LogP contribution in [0.5, 0.6) is 0 Å². The van der Waals surface area contributed by atoms with E-state index in [2.05, 4.69) is 33.1 Å². The molecule has 1 N–H and O–H groups in total. The fourth-order valence-corrected chi connectivity index (χ4v) is 6.06. The largest absolute Gasteiger partial charge is 0.376 e. The fraction of sp³-hybridized carbons (Fsp3) is 0.179. The minimum Gasteiger partial charge on any atom is -0.376 e. The van der Waals surface area contributed by atoms with Crippen LogP contribution in [-0.4, -0.2) is 41.2 Å². The molecular weight excluding hydrogens is 488 g/mol. The highest BCUT2D eigenvalue weighted by Crippen LogP contribution is 2.29. The van der Waals surface area contributed by atoms with E-state index in [1.165, 1.54) is 6.07 Å². The van der Waals surface area contributed by atoms with Crippen LogP contribution in [0.2, 0.25) is 0 Å². The molecule has 0 saturated heterocycles. The first-order chi connectivity index (χ1) is 17.9. The van der Waals surface area contributed by atoms with E-state index in [0.717, 1.165) is 33.1 Å². The van der Waals surface area contributed by atoms with Gasteiger partial charge in [-0.25, -0.2) is 13.4 Å². The highest BCUT2D eigenvalue weighted by Gasteiger charge is 2.23. The number of nitrogens with zero attached hydrogens (tertiary/aromatic N) is 3. The molecule has 0 radical (unpaired) electrons. The highest BCUT2D eigenvalue weighted by molar-refractivity contribution is 7.91. The second-order valence-corrected chi connectivity index (χ2v) is 11.2. The molecule has 6 rings (SSSR count). The van der Waals surface area contributed by atoms with Crippen molar-refractivity contribution in [1.82, 2.24) is 19.9 Å². The van der Waals surface area contributed by atoms with Gasteiger partial charge < -0.3 is 14.6 Å². The average molecular weight is 513 g/mol. The Kier molecular flexibility index (Phi) is 5.73. The number of fused-ring (bicyclic) bond motifs is 3. The molecule has 0 aliphatic carbocycles. The molecule has 1 amide bonds. The zero-order valence-electron chi connectivity index (χ0n) is 20.1. The molecule has 1 aliphatic heterocycles. The van der Waals surface area contributed by atoms with Crippen molar-refractivity contribution in [1.29, 1.82) is 0 Å². The van der Waals surface area contributed by atoms with Gasteiger partial charge in [-0.15, -0.1) is 0 Å². The van der Waals surface area contributed by atoms with E-state index in [-0.39, 0.29) is 41.9 Å². The van der Waals surface area contributed by atoms with Crippen LogP contribution < -0.4 is 5.32 Å². The van der Waals surface area contributed by atoms with E-state index >= 15 is 0 Å². The quantitative estimate of drug-likeness (QED) is 0.390. The third kappa shape index (κ3) is 4.36. The summed E-state index contributed by atoms with van der Waals surface area (Å²) in [5, 5.41) is 4.88. The van der Waals surface area contributed by atoms with Crippen LogP contribution in [0.25, 0.3) is 33.1 Å². The van der Waals surface area contributed by atoms with Gasteiger partial charge >= 0.3 is 0 Å². The number of nitrogens with one attached hydrogen (secondary N) is 1. The summed E-state index contributed by atoms with van der Waals surface area (Å²) in [5.41, 5.74) is 5.33. The Morgan fingerprint density at radius 1 is 1.11 bits per heavy atom. The third-order valence-corrected chi connectivity index (χ3v) is 8.44. The van der Waals surface area contributed by atoms with Crippen LogP contribution in [-0.2, 0) is 34.8 Å². The molecule has 5 aromatic rings. The molecule has 186 valence electrons. The number of sulfone groups is 1. The summed E-state index contributed by atoms with van der Waals surface area (Å²) in [4.78, 5) is 22.4. The molecule has 1 aliphatic rings. The molecule has 0 saturated carbocycles. The van der Waals surface area contributed by atoms with Gasteiger partial charge in [-0.05, 0) is 48.0 Å². The molecule has 4 heterocycles. The van der Waals surface area contributed by atoms with E-state index in [1.807, 2.05) is 37.5 Å². The Labute approximate surface area is 213 Å². The van der Waals surface area contributed by atoms with E-state index in [9.17, 15) is 13.2 Å². The summed E-state index contributed by atoms with van der Waals surface area (Å²) in [6.07, 6.45) is 3.78. The molecular formula is C28H24N4O4S. The molecule has 0 bridgehead atoms. The molecule has 0 unspecified atom stereocenters. The number of ether oxygens (including phenoxy) is 1. The number of aryl methyl sites for hydroxylation is 1. The third-order valence-electron chi connectivity index (χ3n) is 6.68. The normalized spacial score (nSPS) is 14.8. The number of rotatable bonds is 4. The van der Waals surface area contributed by atoms with Gasteiger partial charge in [0.15, 0.2) is 9.84 Å². The zero-order valence-corrected chi connectivity index (χ0v) is 21.0. The molecule has 37 heavy (non-hydrogen) atoms. The lowest BCUT2D eigenvalue weighted by Gasteiger charge is -2.10. The lowest BCUT2D eigenvalue weighted by molar-refractivity contribution is 0.0950. The summed E-state index contributed by atoms with van der Waals surface area (Å²) in [7, 11) is -1.47. The molecule has 8 nitrogen and oxygen atoms in total. The standard InChI is InChI=1S/C28H24N4O4S/c1-32-10-9-23-22(3-2-4-26(23)32)24-8-7-19-15-29-21(14-25(19)31-24)16-30-28(33)18-5-6-20-17-36-11-12-37(34,35)27(20)13-18/h2-10,13-15H,11-12,16-17H2,1H3,(H,30,33). The summed E-state index contributed by atoms with van der Waals surface area (Å²) in [6.45, 7) is 0.537. The van der Waals surface area contributed by atoms with Crippen molar-refractivity contribution in [3.63, 3.8) is 0 Å². The number of carbonyl (C=O) groups is 1. The van der Waals surface area contributed by atoms with Crippen molar-refractivity contribution in [2.75, 3.05) is 12.4 Å². The first-order valence-corrected chi connectivity index (χ1v) is 13.6. The zero-order chi connectivity index (χ0) is 25.6. The second-order valence-electron chi connectivity index (χ2n) is 9.11. The van der Waals surface area contributed by atoms with Gasteiger partial charge in [0, 0.05) is 46.9 Å². The van der Waals surface area contributed by atoms with Gasteiger partial charge in [0.25, 0.3) is 5.91 Å². The topological polar surface area (TPSA) is 103 Å². The first-order valence-electron chi connectivity index (χ1n) is 11.9. The second kappa shape index (κ2) is 9.10. The summed E-state index contributed by atoms with van der Waals surface area (Å²) >= 11 is 0. The van der Waals surface area contributed by atoms with Crippen LogP contribution in [0.1, 0.15) is 21.6 Å². The molecule has 3 aromatic heterocycles. The van der Waals surface area contributed by atoms with Gasteiger partial charge in [0.05, 0.1) is 47.3 Å². The number of hydrogen-bond donors (Lipinski definition) is 1. The fourth-order valence-electron chi connectivity index (χ4n) is 4.67. The van der Waals surface area contributed by atoms with E-state index in [1.54, 1.807) is 18.3 Å². The summed E-state index contributed by atoms with van der Waals surface area (Å²) < 4.78 is 32.5. The molecule has 2 aromatic carbocycles. The first kappa shape index (κ1) is 23.3. The van der Waals surface area contributed by atoms with E-state index < -0.39 is 9.84 Å². The van der Waals surface area contributed by atoms with Gasteiger partial charge in [-0.1, -0.05) is 18.2 Å². The predicted octanol–water partition coefficient (Wildman–Crippen LogP) is 4.02. The van der Waals surface area contributed by atoms with Crippen molar-refractivity contribution >= 4 is 37.6 Å². The Morgan fingerprint density at radius 3 is 2.89 bits per heavy atom. The number of pyridine rings is 2. The van der Waals surface area contributed by atoms with Crippen LogP contribution in [0.15, 0.2) is 78.0 Å². The van der Waals surface area contributed by atoms with E-state index in [0.29, 0.717) is 11.3 Å². The Hall–Kier alpha value is -4.08. The monoisotopic (exact) mass is 512 g/mol. The highest BCUT2D eigenvalue weighted by atomic mass is 32.2. The smallest absolute Gasteiger partial charge is 0.251 e. The Bertz CT molecular complexity index is 1790. The number of aromatic nitrogens is 3. The average Bonchev–Trinajstić information content (AvgIpc) is 3.22. The van der Waals surface area contributed by atoms with Crippen LogP contribution in [0.3, 0.4) is 0 Å². The number of carbonyl (C=O) groups excluding carboxylic acids is 1. The predicted molar refractivity (Wildman–Crippen MR) is 141 cm³/mol. The lowest BCUT2D eigenvalue weighted by atomic mass is 10.1. The van der Waals surface area contributed by atoms with Gasteiger partial charge in [0.1, 0.15) is 0 Å². The molecule has 9 heteroatoms. The van der Waals surface area contributed by atoms with Gasteiger partial charge in [0.2, 0.25) is 0 Å². The van der Waals surface area contributed by atoms with Crippen molar-refractivity contribution in [3.05, 3.63) is 89.9 Å². The Balaban J connectivity index is 1.25. The Morgan fingerprint density at radius 2 is 2.00 bits per heavy atom. The number of amides is 1. The van der Waals surface area contributed by atoms with Crippen molar-refractivity contribution in [3.8, 4) is 11.3 Å². The minimum absolute atomic E-state index is 0.0974. The minimum atomic E-state index is -3.49. The SMILES string of the molecule is Cn1ccc2c(-c3ccc4cnc(CNC(=O)c5ccc6c(c5)S(=O)(=O)CCOC6)cc4n3)cccc21. The maximum Gasteiger partial charge on any atom is 0.251 e. The molecule has 0 fully saturated rings.